The molecule has 3 heteroatoms. The smallest absolute Gasteiger partial charge is 0.155 e. The van der Waals surface area contributed by atoms with E-state index in [1.54, 1.807) is 6.20 Å². The van der Waals surface area contributed by atoms with Gasteiger partial charge in [-0.3, -0.25) is 0 Å². The van der Waals surface area contributed by atoms with E-state index in [4.69, 9.17) is 0 Å². The van der Waals surface area contributed by atoms with Crippen LogP contribution < -0.4 is 0 Å². The summed E-state index contributed by atoms with van der Waals surface area (Å²) in [6, 6.07) is 4.02. The molecule has 0 aliphatic carbocycles. The van der Waals surface area contributed by atoms with E-state index in [0.29, 0.717) is 5.92 Å². The molecular weight excluding hydrogens is 186 g/mol. The maximum Gasteiger partial charge on any atom is 0.155 e. The molecule has 3 nitrogen and oxygen atoms in total. The van der Waals surface area contributed by atoms with Crippen LogP contribution >= 0.6 is 0 Å². The van der Waals surface area contributed by atoms with Crippen molar-refractivity contribution in [3.05, 3.63) is 29.7 Å². The molecule has 0 aliphatic rings. The monoisotopic (exact) mass is 205 g/mol. The average Bonchev–Trinajstić information content (AvgIpc) is 2.67. The zero-order valence-electron chi connectivity index (χ0n) is 10.2. The second-order valence-corrected chi connectivity index (χ2v) is 3.58. The van der Waals surface area contributed by atoms with E-state index in [1.165, 1.54) is 5.69 Å². The summed E-state index contributed by atoms with van der Waals surface area (Å²) in [7, 11) is 0. The molecule has 0 radical (unpaired) electrons. The lowest BCUT2D eigenvalue weighted by atomic mass is 10.1. The van der Waals surface area contributed by atoms with Crippen LogP contribution in [0.15, 0.2) is 18.3 Å². The van der Waals surface area contributed by atoms with Crippen molar-refractivity contribution in [1.29, 1.82) is 0 Å². The fraction of sp³-hybridized carbons (Fsp3) is 0.500. The second-order valence-electron chi connectivity index (χ2n) is 3.58. The first-order chi connectivity index (χ1) is 7.18. The fourth-order valence-corrected chi connectivity index (χ4v) is 1.48. The predicted molar refractivity (Wildman–Crippen MR) is 63.2 cm³/mol. The van der Waals surface area contributed by atoms with Crippen molar-refractivity contribution < 1.29 is 0 Å². The van der Waals surface area contributed by atoms with Crippen molar-refractivity contribution in [2.45, 2.75) is 40.5 Å². The third-order valence-corrected chi connectivity index (χ3v) is 2.11. The summed E-state index contributed by atoms with van der Waals surface area (Å²) in [5.41, 5.74) is 3.20. The highest BCUT2D eigenvalue weighted by Gasteiger charge is 2.06. The van der Waals surface area contributed by atoms with Gasteiger partial charge in [0.05, 0.1) is 6.20 Å². The highest BCUT2D eigenvalue weighted by atomic mass is 15.2. The lowest BCUT2D eigenvalue weighted by molar-refractivity contribution is 0.745. The van der Waals surface area contributed by atoms with Gasteiger partial charge in [-0.25, -0.2) is 9.50 Å². The number of rotatable bonds is 1. The van der Waals surface area contributed by atoms with Crippen LogP contribution in [0.4, 0.5) is 0 Å². The largest absolute Gasteiger partial charge is 0.234 e. The number of nitrogens with zero attached hydrogens (tertiary/aromatic N) is 3. The Kier molecular flexibility index (Phi) is 3.83. The molecule has 0 aliphatic heterocycles. The Labute approximate surface area is 91.2 Å². The third kappa shape index (κ3) is 2.35. The summed E-state index contributed by atoms with van der Waals surface area (Å²) < 4.78 is 1.90. The molecule has 0 saturated heterocycles. The summed E-state index contributed by atoms with van der Waals surface area (Å²) in [5, 5.41) is 4.24. The number of hydrogen-bond acceptors (Lipinski definition) is 2. The molecule has 0 unspecified atom stereocenters. The summed E-state index contributed by atoms with van der Waals surface area (Å²) >= 11 is 0. The maximum absolute atomic E-state index is 4.38. The van der Waals surface area contributed by atoms with Crippen LogP contribution in [-0.2, 0) is 0 Å². The van der Waals surface area contributed by atoms with Gasteiger partial charge in [0.2, 0.25) is 0 Å². The Bertz CT molecular complexity index is 429. The molecule has 0 N–H and O–H groups in total. The highest BCUT2D eigenvalue weighted by Crippen LogP contribution is 2.15. The van der Waals surface area contributed by atoms with E-state index in [-0.39, 0.29) is 0 Å². The average molecular weight is 205 g/mol. The second kappa shape index (κ2) is 4.91. The Balaban J connectivity index is 0.000000531. The number of hydrogen-bond donors (Lipinski definition) is 0. The van der Waals surface area contributed by atoms with Gasteiger partial charge in [0.15, 0.2) is 5.65 Å². The van der Waals surface area contributed by atoms with E-state index in [9.17, 15) is 0 Å². The van der Waals surface area contributed by atoms with Crippen molar-refractivity contribution in [3.63, 3.8) is 0 Å². The van der Waals surface area contributed by atoms with Gasteiger partial charge in [-0.15, -0.1) is 0 Å². The Morgan fingerprint density at radius 1 is 1.27 bits per heavy atom. The number of aryl methyl sites for hydroxylation is 1. The Morgan fingerprint density at radius 3 is 2.53 bits per heavy atom. The van der Waals surface area contributed by atoms with E-state index in [2.05, 4.69) is 30.0 Å². The van der Waals surface area contributed by atoms with Crippen molar-refractivity contribution in [3.8, 4) is 0 Å². The normalized spacial score (nSPS) is 10.3. The van der Waals surface area contributed by atoms with Gasteiger partial charge in [-0.2, -0.15) is 5.10 Å². The molecule has 15 heavy (non-hydrogen) atoms. The van der Waals surface area contributed by atoms with Gasteiger partial charge < -0.3 is 0 Å². The van der Waals surface area contributed by atoms with Crippen molar-refractivity contribution in [1.82, 2.24) is 14.6 Å². The minimum Gasteiger partial charge on any atom is -0.234 e. The molecule has 0 amide bonds. The van der Waals surface area contributed by atoms with Gasteiger partial charge in [0, 0.05) is 17.5 Å². The Morgan fingerprint density at radius 2 is 1.93 bits per heavy atom. The van der Waals surface area contributed by atoms with E-state index >= 15 is 0 Å². The van der Waals surface area contributed by atoms with Gasteiger partial charge in [0.1, 0.15) is 0 Å². The predicted octanol–water partition coefficient (Wildman–Crippen LogP) is 3.19. The zero-order chi connectivity index (χ0) is 11.4. The number of fused-ring (bicyclic) bond motifs is 1. The van der Waals surface area contributed by atoms with Gasteiger partial charge in [-0.05, 0) is 18.9 Å². The first-order valence-electron chi connectivity index (χ1n) is 5.50. The van der Waals surface area contributed by atoms with E-state index in [1.807, 2.05) is 31.4 Å². The molecule has 2 heterocycles. The first-order valence-corrected chi connectivity index (χ1v) is 5.50. The minimum absolute atomic E-state index is 0.476. The molecule has 0 aromatic carbocycles. The molecule has 0 saturated carbocycles. The van der Waals surface area contributed by atoms with Crippen LogP contribution in [0.3, 0.4) is 0 Å². The maximum atomic E-state index is 4.38. The standard InChI is InChI=1S/C10H13N3.C2H6/c1-7(2)9-6-8(3)12-10-4-5-11-13(9)10;1-2/h4-7H,1-3H3;1-2H3. The van der Waals surface area contributed by atoms with Crippen LogP contribution in [0.2, 0.25) is 0 Å². The summed E-state index contributed by atoms with van der Waals surface area (Å²) in [6.45, 7) is 10.3. The molecular formula is C12H19N3. The summed E-state index contributed by atoms with van der Waals surface area (Å²) in [5.74, 6) is 0.476. The van der Waals surface area contributed by atoms with Crippen LogP contribution in [-0.4, -0.2) is 14.6 Å². The van der Waals surface area contributed by atoms with Crippen LogP contribution in [0.5, 0.6) is 0 Å². The highest BCUT2D eigenvalue weighted by molar-refractivity contribution is 5.39. The van der Waals surface area contributed by atoms with Gasteiger partial charge >= 0.3 is 0 Å². The fourth-order valence-electron chi connectivity index (χ4n) is 1.48. The molecule has 2 aromatic heterocycles. The summed E-state index contributed by atoms with van der Waals surface area (Å²) in [4.78, 5) is 4.38. The molecule has 2 aromatic rings. The first kappa shape index (κ1) is 11.7. The summed E-state index contributed by atoms with van der Waals surface area (Å²) in [6.07, 6.45) is 1.79. The van der Waals surface area contributed by atoms with Crippen LogP contribution in [0.1, 0.15) is 45.0 Å². The number of aromatic nitrogens is 3. The lowest BCUT2D eigenvalue weighted by Gasteiger charge is -2.08. The molecule has 0 atom stereocenters. The Hall–Kier alpha value is -1.38. The van der Waals surface area contributed by atoms with Crippen LogP contribution in [0.25, 0.3) is 5.65 Å². The van der Waals surface area contributed by atoms with Gasteiger partial charge in [-0.1, -0.05) is 27.7 Å². The van der Waals surface area contributed by atoms with Crippen molar-refractivity contribution in [2.75, 3.05) is 0 Å². The molecule has 0 spiro atoms. The quantitative estimate of drug-likeness (QED) is 0.715. The van der Waals surface area contributed by atoms with Crippen LogP contribution in [0, 0.1) is 6.92 Å². The molecule has 0 bridgehead atoms. The lowest BCUT2D eigenvalue weighted by Crippen LogP contribution is -2.03. The zero-order valence-corrected chi connectivity index (χ0v) is 10.2. The van der Waals surface area contributed by atoms with E-state index in [0.717, 1.165) is 11.3 Å². The minimum atomic E-state index is 0.476. The van der Waals surface area contributed by atoms with Crippen molar-refractivity contribution in [2.24, 2.45) is 0 Å². The van der Waals surface area contributed by atoms with Crippen molar-refractivity contribution >= 4 is 5.65 Å². The molecule has 2 rings (SSSR count). The van der Waals surface area contributed by atoms with Gasteiger partial charge in [0.25, 0.3) is 0 Å². The third-order valence-electron chi connectivity index (χ3n) is 2.11. The SMILES string of the molecule is CC.Cc1cc(C(C)C)n2nccc2n1. The topological polar surface area (TPSA) is 30.2 Å². The molecule has 0 fully saturated rings. The van der Waals surface area contributed by atoms with E-state index < -0.39 is 0 Å². The molecule has 82 valence electrons.